The highest BCUT2D eigenvalue weighted by Crippen LogP contribution is 2.30. The highest BCUT2D eigenvalue weighted by Gasteiger charge is 2.15. The standard InChI is InChI=1S/C14H12F2N2O3/c1-21-14-6-5-9(7-13(14)18(19)20)17-8-10-11(15)3-2-4-12(10)16/h2-7,17H,8H2,1H3. The van der Waals surface area contributed by atoms with Gasteiger partial charge in [-0.2, -0.15) is 0 Å². The number of hydrogen-bond acceptors (Lipinski definition) is 4. The highest BCUT2D eigenvalue weighted by molar-refractivity contribution is 5.58. The van der Waals surface area contributed by atoms with Gasteiger partial charge in [-0.25, -0.2) is 8.78 Å². The van der Waals surface area contributed by atoms with Crippen LogP contribution >= 0.6 is 0 Å². The molecule has 5 nitrogen and oxygen atoms in total. The first kappa shape index (κ1) is 14.7. The van der Waals surface area contributed by atoms with Gasteiger partial charge in [0.15, 0.2) is 5.75 Å². The van der Waals surface area contributed by atoms with E-state index in [-0.39, 0.29) is 23.5 Å². The number of methoxy groups -OCH3 is 1. The maximum Gasteiger partial charge on any atom is 0.312 e. The van der Waals surface area contributed by atoms with E-state index in [9.17, 15) is 18.9 Å². The molecular formula is C14H12F2N2O3. The van der Waals surface area contributed by atoms with Crippen LogP contribution in [0, 0.1) is 21.7 Å². The number of benzene rings is 2. The van der Waals surface area contributed by atoms with Crippen LogP contribution in [-0.4, -0.2) is 12.0 Å². The molecule has 2 aromatic rings. The Balaban J connectivity index is 2.21. The zero-order valence-electron chi connectivity index (χ0n) is 11.1. The quantitative estimate of drug-likeness (QED) is 0.677. The third-order valence-electron chi connectivity index (χ3n) is 2.91. The number of nitrogens with one attached hydrogen (secondary N) is 1. The molecule has 7 heteroatoms. The minimum atomic E-state index is -0.675. The molecule has 0 aliphatic heterocycles. The molecule has 0 fully saturated rings. The number of nitrogens with zero attached hydrogens (tertiary/aromatic N) is 1. The van der Waals surface area contributed by atoms with Crippen molar-refractivity contribution in [2.75, 3.05) is 12.4 Å². The van der Waals surface area contributed by atoms with Crippen molar-refractivity contribution < 1.29 is 18.4 Å². The van der Waals surface area contributed by atoms with Crippen molar-refractivity contribution in [3.63, 3.8) is 0 Å². The Morgan fingerprint density at radius 1 is 1.24 bits per heavy atom. The van der Waals surface area contributed by atoms with E-state index in [0.717, 1.165) is 12.1 Å². The predicted molar refractivity (Wildman–Crippen MR) is 73.3 cm³/mol. The van der Waals surface area contributed by atoms with E-state index >= 15 is 0 Å². The van der Waals surface area contributed by atoms with Crippen molar-refractivity contribution in [1.82, 2.24) is 0 Å². The topological polar surface area (TPSA) is 64.4 Å². The summed E-state index contributed by atoms with van der Waals surface area (Å²) in [5.74, 6) is -1.24. The number of rotatable bonds is 5. The lowest BCUT2D eigenvalue weighted by Gasteiger charge is -2.09. The summed E-state index contributed by atoms with van der Waals surface area (Å²) in [6.45, 7) is -0.123. The molecule has 2 aromatic carbocycles. The first-order chi connectivity index (χ1) is 10.0. The van der Waals surface area contributed by atoms with Gasteiger partial charge in [0.25, 0.3) is 0 Å². The minimum Gasteiger partial charge on any atom is -0.490 e. The van der Waals surface area contributed by atoms with Crippen molar-refractivity contribution in [1.29, 1.82) is 0 Å². The lowest BCUT2D eigenvalue weighted by atomic mass is 10.2. The van der Waals surface area contributed by atoms with Crippen LogP contribution in [0.4, 0.5) is 20.2 Å². The van der Waals surface area contributed by atoms with E-state index in [1.165, 1.54) is 31.4 Å². The molecule has 0 aromatic heterocycles. The summed E-state index contributed by atoms with van der Waals surface area (Å²) in [7, 11) is 1.32. The Morgan fingerprint density at radius 2 is 1.90 bits per heavy atom. The maximum atomic E-state index is 13.5. The fourth-order valence-electron chi connectivity index (χ4n) is 1.83. The van der Waals surface area contributed by atoms with Crippen LogP contribution in [0.2, 0.25) is 0 Å². The molecule has 0 heterocycles. The van der Waals surface area contributed by atoms with Gasteiger partial charge in [0, 0.05) is 23.9 Å². The third kappa shape index (κ3) is 3.25. The molecule has 0 spiro atoms. The number of nitro benzene ring substituents is 1. The summed E-state index contributed by atoms with van der Waals surface area (Å²) in [5, 5.41) is 13.6. The molecule has 0 radical (unpaired) electrons. The van der Waals surface area contributed by atoms with Crippen molar-refractivity contribution in [3.05, 3.63) is 63.7 Å². The Labute approximate surface area is 119 Å². The average Bonchev–Trinajstić information content (AvgIpc) is 2.46. The first-order valence-corrected chi connectivity index (χ1v) is 6.02. The van der Waals surface area contributed by atoms with Gasteiger partial charge in [-0.15, -0.1) is 0 Å². The molecule has 110 valence electrons. The number of anilines is 1. The van der Waals surface area contributed by atoms with E-state index in [4.69, 9.17) is 4.74 Å². The van der Waals surface area contributed by atoms with E-state index in [0.29, 0.717) is 5.69 Å². The van der Waals surface area contributed by atoms with Crippen molar-refractivity contribution in [2.24, 2.45) is 0 Å². The Bertz CT molecular complexity index is 657. The van der Waals surface area contributed by atoms with Gasteiger partial charge in [-0.1, -0.05) is 6.07 Å². The smallest absolute Gasteiger partial charge is 0.312 e. The largest absolute Gasteiger partial charge is 0.490 e. The molecular weight excluding hydrogens is 282 g/mol. The van der Waals surface area contributed by atoms with E-state index in [2.05, 4.69) is 5.32 Å². The normalized spacial score (nSPS) is 10.2. The number of nitro groups is 1. The number of hydrogen-bond donors (Lipinski definition) is 1. The van der Waals surface area contributed by atoms with E-state index in [1.54, 1.807) is 0 Å². The highest BCUT2D eigenvalue weighted by atomic mass is 19.1. The van der Waals surface area contributed by atoms with Crippen LogP contribution in [0.25, 0.3) is 0 Å². The van der Waals surface area contributed by atoms with E-state index in [1.807, 2.05) is 0 Å². The fourth-order valence-corrected chi connectivity index (χ4v) is 1.83. The molecule has 0 saturated carbocycles. The summed E-state index contributed by atoms with van der Waals surface area (Å²) < 4.78 is 31.8. The van der Waals surface area contributed by atoms with Gasteiger partial charge in [-0.3, -0.25) is 10.1 Å². The second-order valence-electron chi connectivity index (χ2n) is 4.20. The van der Waals surface area contributed by atoms with Crippen LogP contribution < -0.4 is 10.1 Å². The fraction of sp³-hybridized carbons (Fsp3) is 0.143. The predicted octanol–water partition coefficient (Wildman–Crippen LogP) is 3.49. The van der Waals surface area contributed by atoms with Gasteiger partial charge in [-0.05, 0) is 24.3 Å². The van der Waals surface area contributed by atoms with Crippen molar-refractivity contribution in [3.8, 4) is 5.75 Å². The Morgan fingerprint density at radius 3 is 2.48 bits per heavy atom. The second-order valence-corrected chi connectivity index (χ2v) is 4.20. The minimum absolute atomic E-state index is 0.114. The maximum absolute atomic E-state index is 13.5. The first-order valence-electron chi connectivity index (χ1n) is 6.02. The molecule has 21 heavy (non-hydrogen) atoms. The van der Waals surface area contributed by atoms with Crippen LogP contribution in [0.5, 0.6) is 5.75 Å². The molecule has 0 saturated heterocycles. The van der Waals surface area contributed by atoms with Crippen LogP contribution in [0.15, 0.2) is 36.4 Å². The van der Waals surface area contributed by atoms with Gasteiger partial charge < -0.3 is 10.1 Å². The number of halogens is 2. The van der Waals surface area contributed by atoms with Gasteiger partial charge in [0.1, 0.15) is 11.6 Å². The zero-order valence-corrected chi connectivity index (χ0v) is 11.1. The van der Waals surface area contributed by atoms with Gasteiger partial charge >= 0.3 is 5.69 Å². The van der Waals surface area contributed by atoms with Crippen LogP contribution in [0.3, 0.4) is 0 Å². The Hall–Kier alpha value is -2.70. The third-order valence-corrected chi connectivity index (χ3v) is 2.91. The van der Waals surface area contributed by atoms with Crippen molar-refractivity contribution in [2.45, 2.75) is 6.54 Å². The second kappa shape index (κ2) is 6.17. The summed E-state index contributed by atoms with van der Waals surface area (Å²) in [6.07, 6.45) is 0. The summed E-state index contributed by atoms with van der Waals surface area (Å²) in [4.78, 5) is 10.3. The number of ether oxygens (including phenoxy) is 1. The molecule has 0 unspecified atom stereocenters. The monoisotopic (exact) mass is 294 g/mol. The zero-order chi connectivity index (χ0) is 15.4. The molecule has 2 rings (SSSR count). The van der Waals surface area contributed by atoms with Crippen LogP contribution in [0.1, 0.15) is 5.56 Å². The van der Waals surface area contributed by atoms with E-state index < -0.39 is 16.6 Å². The lowest BCUT2D eigenvalue weighted by molar-refractivity contribution is -0.385. The Kier molecular flexibility index (Phi) is 4.32. The van der Waals surface area contributed by atoms with Gasteiger partial charge in [0.2, 0.25) is 0 Å². The molecule has 0 amide bonds. The SMILES string of the molecule is COc1ccc(NCc2c(F)cccc2F)cc1[N+](=O)[O-]. The summed E-state index contributed by atoms with van der Waals surface area (Å²) in [5.41, 5.74) is 0.0117. The molecule has 0 bridgehead atoms. The molecule has 1 N–H and O–H groups in total. The van der Waals surface area contributed by atoms with Crippen LogP contribution in [-0.2, 0) is 6.54 Å². The summed E-state index contributed by atoms with van der Waals surface area (Å²) in [6, 6.07) is 7.76. The average molecular weight is 294 g/mol. The van der Waals surface area contributed by atoms with Gasteiger partial charge in [0.05, 0.1) is 12.0 Å². The van der Waals surface area contributed by atoms with Crippen molar-refractivity contribution >= 4 is 11.4 Å². The molecule has 0 aliphatic carbocycles. The molecule has 0 atom stereocenters. The molecule has 0 aliphatic rings. The summed E-state index contributed by atoms with van der Waals surface area (Å²) >= 11 is 0. The lowest BCUT2D eigenvalue weighted by Crippen LogP contribution is -2.05.